The summed E-state index contributed by atoms with van der Waals surface area (Å²) in [7, 11) is 0. The molecule has 0 spiro atoms. The largest absolute Gasteiger partial charge is 0.416 e. The van der Waals surface area contributed by atoms with Gasteiger partial charge in [-0.1, -0.05) is 31.9 Å². The summed E-state index contributed by atoms with van der Waals surface area (Å²) in [5.41, 5.74) is -0.0158. The molecule has 0 radical (unpaired) electrons. The highest BCUT2D eigenvalue weighted by molar-refractivity contribution is 5.31. The van der Waals surface area contributed by atoms with Crippen LogP contribution in [-0.2, 0) is 6.18 Å². The van der Waals surface area contributed by atoms with Crippen molar-refractivity contribution in [3.63, 3.8) is 0 Å². The summed E-state index contributed by atoms with van der Waals surface area (Å²) in [4.78, 5) is 2.25. The van der Waals surface area contributed by atoms with Crippen LogP contribution in [0, 0.1) is 5.92 Å². The van der Waals surface area contributed by atoms with Gasteiger partial charge in [0.15, 0.2) is 5.82 Å². The first-order valence-electron chi connectivity index (χ1n) is 10.1. The molecule has 1 aliphatic heterocycles. The number of likely N-dealkylation sites (tertiary alicyclic amines) is 1. The van der Waals surface area contributed by atoms with Crippen molar-refractivity contribution < 1.29 is 13.2 Å². The SMILES string of the molecule is C[C@@H]1CCCN([C@@H](c2cccc(C(F)(F)F)c2)c2nnnn2C2CCCC2)C1. The number of aromatic nitrogens is 4. The molecule has 8 heteroatoms. The first-order valence-corrected chi connectivity index (χ1v) is 10.1. The van der Waals surface area contributed by atoms with Gasteiger partial charge in [0.25, 0.3) is 0 Å². The fourth-order valence-electron chi connectivity index (χ4n) is 4.66. The van der Waals surface area contributed by atoms with Crippen LogP contribution >= 0.6 is 0 Å². The first-order chi connectivity index (χ1) is 13.4. The summed E-state index contributed by atoms with van der Waals surface area (Å²) in [6, 6.07) is 5.52. The normalized spacial score (nSPS) is 23.2. The van der Waals surface area contributed by atoms with E-state index in [1.165, 1.54) is 12.1 Å². The molecule has 152 valence electrons. The molecule has 28 heavy (non-hydrogen) atoms. The van der Waals surface area contributed by atoms with Crippen molar-refractivity contribution in [2.24, 2.45) is 5.92 Å². The zero-order valence-electron chi connectivity index (χ0n) is 16.1. The maximum Gasteiger partial charge on any atom is 0.416 e. The van der Waals surface area contributed by atoms with Crippen LogP contribution in [-0.4, -0.2) is 38.2 Å². The summed E-state index contributed by atoms with van der Waals surface area (Å²) >= 11 is 0. The summed E-state index contributed by atoms with van der Waals surface area (Å²) in [6.07, 6.45) is 2.11. The van der Waals surface area contributed by atoms with Crippen molar-refractivity contribution in [3.8, 4) is 0 Å². The van der Waals surface area contributed by atoms with Crippen LogP contribution in [0.25, 0.3) is 0 Å². The van der Waals surface area contributed by atoms with E-state index in [4.69, 9.17) is 0 Å². The van der Waals surface area contributed by atoms with Gasteiger partial charge in [-0.3, -0.25) is 4.90 Å². The van der Waals surface area contributed by atoms with E-state index in [0.29, 0.717) is 17.3 Å². The Morgan fingerprint density at radius 1 is 1.11 bits per heavy atom. The number of piperidine rings is 1. The monoisotopic (exact) mass is 393 g/mol. The van der Waals surface area contributed by atoms with Gasteiger partial charge in [-0.05, 0) is 66.3 Å². The van der Waals surface area contributed by atoms with Crippen LogP contribution in [0.15, 0.2) is 24.3 Å². The Hall–Kier alpha value is -1.96. The summed E-state index contributed by atoms with van der Waals surface area (Å²) in [5, 5.41) is 12.5. The smallest absolute Gasteiger partial charge is 0.289 e. The van der Waals surface area contributed by atoms with Crippen molar-refractivity contribution in [3.05, 3.63) is 41.2 Å². The number of nitrogens with zero attached hydrogens (tertiary/aromatic N) is 5. The molecule has 2 atom stereocenters. The Labute approximate surface area is 162 Å². The van der Waals surface area contributed by atoms with Crippen molar-refractivity contribution >= 4 is 0 Å². The number of rotatable bonds is 4. The van der Waals surface area contributed by atoms with Gasteiger partial charge in [-0.25, -0.2) is 4.68 Å². The fraction of sp³-hybridized carbons (Fsp3) is 0.650. The van der Waals surface area contributed by atoms with E-state index in [2.05, 4.69) is 27.3 Å². The molecule has 4 rings (SSSR count). The van der Waals surface area contributed by atoms with Crippen LogP contribution in [0.5, 0.6) is 0 Å². The molecule has 2 fully saturated rings. The van der Waals surface area contributed by atoms with Gasteiger partial charge in [0.05, 0.1) is 17.6 Å². The lowest BCUT2D eigenvalue weighted by Gasteiger charge is -2.37. The molecule has 1 saturated carbocycles. The first kappa shape index (κ1) is 19.4. The molecule has 0 N–H and O–H groups in total. The third-order valence-electron chi connectivity index (χ3n) is 6.02. The molecule has 2 aromatic rings. The van der Waals surface area contributed by atoms with Gasteiger partial charge in [0.2, 0.25) is 0 Å². The van der Waals surface area contributed by atoms with Gasteiger partial charge < -0.3 is 0 Å². The molecule has 1 aromatic heterocycles. The van der Waals surface area contributed by atoms with Gasteiger partial charge in [0, 0.05) is 6.54 Å². The average molecular weight is 393 g/mol. The number of halogens is 3. The highest BCUT2D eigenvalue weighted by Crippen LogP contribution is 2.37. The molecule has 2 heterocycles. The van der Waals surface area contributed by atoms with Crippen molar-refractivity contribution in [2.75, 3.05) is 13.1 Å². The number of hydrogen-bond donors (Lipinski definition) is 0. The van der Waals surface area contributed by atoms with Crippen LogP contribution < -0.4 is 0 Å². The van der Waals surface area contributed by atoms with E-state index in [9.17, 15) is 13.2 Å². The maximum absolute atomic E-state index is 13.3. The lowest BCUT2D eigenvalue weighted by atomic mass is 9.94. The standard InChI is InChI=1S/C20H26F3N5/c1-14-6-5-11-27(13-14)18(15-7-4-8-16(12-15)20(21,22)23)19-24-25-26-28(19)17-9-2-3-10-17/h4,7-8,12,14,17-18H,2-3,5-6,9-11,13H2,1H3/t14-,18+/m1/s1. The second kappa shape index (κ2) is 7.81. The van der Waals surface area contributed by atoms with E-state index in [-0.39, 0.29) is 12.1 Å². The predicted octanol–water partition coefficient (Wildman–Crippen LogP) is 4.63. The predicted molar refractivity (Wildman–Crippen MR) is 98.6 cm³/mol. The molecule has 1 aromatic carbocycles. The maximum atomic E-state index is 13.3. The summed E-state index contributed by atoms with van der Waals surface area (Å²) in [5.74, 6) is 1.16. The number of alkyl halides is 3. The fourth-order valence-corrected chi connectivity index (χ4v) is 4.66. The Balaban J connectivity index is 1.76. The number of hydrogen-bond acceptors (Lipinski definition) is 4. The van der Waals surface area contributed by atoms with Gasteiger partial charge in [-0.2, -0.15) is 13.2 Å². The Kier molecular flexibility index (Phi) is 5.40. The van der Waals surface area contributed by atoms with Gasteiger partial charge in [0.1, 0.15) is 0 Å². The van der Waals surface area contributed by atoms with Crippen LogP contribution in [0.3, 0.4) is 0 Å². The van der Waals surface area contributed by atoms with Crippen molar-refractivity contribution in [1.29, 1.82) is 0 Å². The molecular formula is C20H26F3N5. The highest BCUT2D eigenvalue weighted by Gasteiger charge is 2.35. The highest BCUT2D eigenvalue weighted by atomic mass is 19.4. The summed E-state index contributed by atoms with van der Waals surface area (Å²) < 4.78 is 41.9. The Morgan fingerprint density at radius 2 is 1.89 bits per heavy atom. The van der Waals surface area contributed by atoms with E-state index >= 15 is 0 Å². The second-order valence-electron chi connectivity index (χ2n) is 8.19. The minimum Gasteiger partial charge on any atom is -0.289 e. The topological polar surface area (TPSA) is 46.8 Å². The van der Waals surface area contributed by atoms with E-state index in [1.54, 1.807) is 6.07 Å². The Morgan fingerprint density at radius 3 is 2.61 bits per heavy atom. The Bertz CT molecular complexity index is 797. The molecular weight excluding hydrogens is 367 g/mol. The van der Waals surface area contributed by atoms with Crippen LogP contribution in [0.2, 0.25) is 0 Å². The van der Waals surface area contributed by atoms with Crippen LogP contribution in [0.1, 0.15) is 74.5 Å². The third kappa shape index (κ3) is 3.92. The quantitative estimate of drug-likeness (QED) is 0.760. The average Bonchev–Trinajstić information content (AvgIpc) is 3.33. The second-order valence-corrected chi connectivity index (χ2v) is 8.19. The summed E-state index contributed by atoms with van der Waals surface area (Å²) in [6.45, 7) is 3.86. The zero-order chi connectivity index (χ0) is 19.7. The van der Waals surface area contributed by atoms with Crippen molar-refractivity contribution in [1.82, 2.24) is 25.1 Å². The van der Waals surface area contributed by atoms with Crippen molar-refractivity contribution in [2.45, 2.75) is 63.7 Å². The minimum atomic E-state index is -4.37. The number of tetrazole rings is 1. The lowest BCUT2D eigenvalue weighted by molar-refractivity contribution is -0.137. The molecule has 5 nitrogen and oxygen atoms in total. The van der Waals surface area contributed by atoms with Gasteiger partial charge in [-0.15, -0.1) is 5.10 Å². The molecule has 2 aliphatic rings. The third-order valence-corrected chi connectivity index (χ3v) is 6.02. The minimum absolute atomic E-state index is 0.237. The molecule has 1 aliphatic carbocycles. The number of benzene rings is 1. The van der Waals surface area contributed by atoms with E-state index < -0.39 is 11.7 Å². The van der Waals surface area contributed by atoms with Crippen LogP contribution in [0.4, 0.5) is 13.2 Å². The molecule has 1 saturated heterocycles. The molecule has 0 amide bonds. The van der Waals surface area contributed by atoms with E-state index in [0.717, 1.165) is 57.7 Å². The molecule has 0 bridgehead atoms. The van der Waals surface area contributed by atoms with E-state index in [1.807, 2.05) is 4.68 Å². The zero-order valence-corrected chi connectivity index (χ0v) is 16.1. The molecule has 0 unspecified atom stereocenters. The lowest BCUT2D eigenvalue weighted by Crippen LogP contribution is -2.39. The van der Waals surface area contributed by atoms with Gasteiger partial charge >= 0.3 is 6.18 Å².